The molecule has 1 aliphatic heterocycles. The molecular weight excluding hydrogens is 310 g/mol. The Kier molecular flexibility index (Phi) is 4.22. The Morgan fingerprint density at radius 1 is 1.13 bits per heavy atom. The molecule has 0 saturated carbocycles. The van der Waals surface area contributed by atoms with Gasteiger partial charge in [-0.3, -0.25) is 4.79 Å². The van der Waals surface area contributed by atoms with Gasteiger partial charge >= 0.3 is 5.97 Å². The number of nitrogens with zero attached hydrogens (tertiary/aromatic N) is 1. The minimum absolute atomic E-state index is 0.0535. The molecular formula is C18H19NO3S. The molecule has 2 heterocycles. The van der Waals surface area contributed by atoms with Gasteiger partial charge in [-0.15, -0.1) is 11.3 Å². The highest BCUT2D eigenvalue weighted by molar-refractivity contribution is 7.15. The van der Waals surface area contributed by atoms with Gasteiger partial charge in [0.05, 0.1) is 4.88 Å². The van der Waals surface area contributed by atoms with Gasteiger partial charge in [0.25, 0.3) is 5.91 Å². The standard InChI is InChI=1S/C18H19NO3S/c1-18(13-6-3-2-4-7-13)10-5-11-19(12-18)16(20)14-8-9-15(23-14)17(21)22/h2-4,6-9H,5,10-12H2,1H3,(H,21,22). The summed E-state index contributed by atoms with van der Waals surface area (Å²) in [5.74, 6) is -1.05. The molecule has 1 saturated heterocycles. The number of carboxylic acids is 1. The summed E-state index contributed by atoms with van der Waals surface area (Å²) in [4.78, 5) is 26.2. The van der Waals surface area contributed by atoms with Crippen molar-refractivity contribution in [2.75, 3.05) is 13.1 Å². The van der Waals surface area contributed by atoms with Gasteiger partial charge in [0.1, 0.15) is 4.88 Å². The lowest BCUT2D eigenvalue weighted by atomic mass is 9.76. The fourth-order valence-corrected chi connectivity index (χ4v) is 4.03. The van der Waals surface area contributed by atoms with Crippen molar-refractivity contribution in [3.8, 4) is 0 Å². The Bertz CT molecular complexity index is 725. The van der Waals surface area contributed by atoms with Crippen LogP contribution in [0, 0.1) is 0 Å². The van der Waals surface area contributed by atoms with Gasteiger partial charge in [-0.05, 0) is 30.5 Å². The van der Waals surface area contributed by atoms with Crippen LogP contribution in [0.2, 0.25) is 0 Å². The smallest absolute Gasteiger partial charge is 0.345 e. The van der Waals surface area contributed by atoms with E-state index in [4.69, 9.17) is 5.11 Å². The molecule has 0 spiro atoms. The molecule has 0 radical (unpaired) electrons. The number of carbonyl (C=O) groups is 2. The van der Waals surface area contributed by atoms with Gasteiger partial charge in [0, 0.05) is 18.5 Å². The Morgan fingerprint density at radius 3 is 2.48 bits per heavy atom. The summed E-state index contributed by atoms with van der Waals surface area (Å²) in [6, 6.07) is 13.4. The molecule has 2 aromatic rings. The predicted molar refractivity (Wildman–Crippen MR) is 90.2 cm³/mol. The van der Waals surface area contributed by atoms with E-state index in [0.717, 1.165) is 30.7 Å². The molecule has 5 heteroatoms. The van der Waals surface area contributed by atoms with Crippen LogP contribution >= 0.6 is 11.3 Å². The van der Waals surface area contributed by atoms with Crippen molar-refractivity contribution in [3.63, 3.8) is 0 Å². The second-order valence-corrected chi connectivity index (χ2v) is 7.31. The zero-order valence-corrected chi connectivity index (χ0v) is 13.8. The maximum Gasteiger partial charge on any atom is 0.345 e. The maximum absolute atomic E-state index is 12.7. The second kappa shape index (κ2) is 6.16. The van der Waals surface area contributed by atoms with Gasteiger partial charge in [-0.25, -0.2) is 4.79 Å². The molecule has 4 nitrogen and oxygen atoms in total. The number of piperidine rings is 1. The fourth-order valence-electron chi connectivity index (χ4n) is 3.21. The lowest BCUT2D eigenvalue weighted by molar-refractivity contribution is 0.0655. The minimum Gasteiger partial charge on any atom is -0.477 e. The molecule has 1 fully saturated rings. The molecule has 1 atom stereocenters. The summed E-state index contributed by atoms with van der Waals surface area (Å²) in [7, 11) is 0. The van der Waals surface area contributed by atoms with E-state index in [0.29, 0.717) is 11.4 Å². The number of aromatic carboxylic acids is 1. The van der Waals surface area contributed by atoms with Crippen LogP contribution in [0.5, 0.6) is 0 Å². The van der Waals surface area contributed by atoms with Crippen LogP contribution < -0.4 is 0 Å². The number of hydrogen-bond acceptors (Lipinski definition) is 3. The summed E-state index contributed by atoms with van der Waals surface area (Å²) in [6.45, 7) is 3.58. The normalized spacial score (nSPS) is 21.2. The summed E-state index contributed by atoms with van der Waals surface area (Å²) in [5, 5.41) is 9.01. The average molecular weight is 329 g/mol. The van der Waals surface area contributed by atoms with E-state index in [1.807, 2.05) is 23.1 Å². The lowest BCUT2D eigenvalue weighted by Crippen LogP contribution is -2.46. The third kappa shape index (κ3) is 3.15. The van der Waals surface area contributed by atoms with Crippen molar-refractivity contribution in [3.05, 3.63) is 57.8 Å². The molecule has 1 aromatic heterocycles. The number of hydrogen-bond donors (Lipinski definition) is 1. The largest absolute Gasteiger partial charge is 0.477 e. The predicted octanol–water partition coefficient (Wildman–Crippen LogP) is 3.64. The number of carboxylic acid groups (broad SMARTS) is 1. The number of carbonyl (C=O) groups excluding carboxylic acids is 1. The van der Waals surface area contributed by atoms with E-state index in [9.17, 15) is 9.59 Å². The van der Waals surface area contributed by atoms with Crippen LogP contribution in [0.3, 0.4) is 0 Å². The molecule has 3 rings (SSSR count). The van der Waals surface area contributed by atoms with Crippen LogP contribution in [0.1, 0.15) is 44.7 Å². The van der Waals surface area contributed by atoms with Gasteiger partial charge in [-0.1, -0.05) is 37.3 Å². The fraction of sp³-hybridized carbons (Fsp3) is 0.333. The Morgan fingerprint density at radius 2 is 1.83 bits per heavy atom. The third-order valence-corrected chi connectivity index (χ3v) is 5.54. The first-order valence-electron chi connectivity index (χ1n) is 7.67. The van der Waals surface area contributed by atoms with Gasteiger partial charge < -0.3 is 10.0 Å². The molecule has 1 N–H and O–H groups in total. The van der Waals surface area contributed by atoms with Crippen molar-refractivity contribution in [1.82, 2.24) is 4.90 Å². The van der Waals surface area contributed by atoms with Crippen molar-refractivity contribution >= 4 is 23.2 Å². The topological polar surface area (TPSA) is 57.6 Å². The average Bonchev–Trinajstić information content (AvgIpc) is 3.05. The number of amides is 1. The van der Waals surface area contributed by atoms with Gasteiger partial charge in [0.15, 0.2) is 0 Å². The van der Waals surface area contributed by atoms with Gasteiger partial charge in [0.2, 0.25) is 0 Å². The molecule has 0 aliphatic carbocycles. The zero-order valence-electron chi connectivity index (χ0n) is 13.0. The molecule has 120 valence electrons. The van der Waals surface area contributed by atoms with Crippen molar-refractivity contribution in [1.29, 1.82) is 0 Å². The van der Waals surface area contributed by atoms with E-state index >= 15 is 0 Å². The molecule has 23 heavy (non-hydrogen) atoms. The third-order valence-electron chi connectivity index (χ3n) is 4.48. The highest BCUT2D eigenvalue weighted by Crippen LogP contribution is 2.34. The quantitative estimate of drug-likeness (QED) is 0.935. The monoisotopic (exact) mass is 329 g/mol. The Balaban J connectivity index is 1.80. The maximum atomic E-state index is 12.7. The van der Waals surface area contributed by atoms with Crippen LogP contribution in [0.15, 0.2) is 42.5 Å². The second-order valence-electron chi connectivity index (χ2n) is 6.23. The van der Waals surface area contributed by atoms with Crippen molar-refractivity contribution < 1.29 is 14.7 Å². The van der Waals surface area contributed by atoms with Crippen molar-refractivity contribution in [2.45, 2.75) is 25.2 Å². The number of thiophene rings is 1. The van der Waals surface area contributed by atoms with Crippen LogP contribution in [0.4, 0.5) is 0 Å². The van der Waals surface area contributed by atoms with E-state index in [2.05, 4.69) is 19.1 Å². The highest BCUT2D eigenvalue weighted by Gasteiger charge is 2.35. The SMILES string of the molecule is CC1(c2ccccc2)CCCN(C(=O)c2ccc(C(=O)O)s2)C1. The van der Waals surface area contributed by atoms with Gasteiger partial charge in [-0.2, -0.15) is 0 Å². The lowest BCUT2D eigenvalue weighted by Gasteiger charge is -2.40. The molecule has 1 amide bonds. The minimum atomic E-state index is -0.984. The van der Waals surface area contributed by atoms with Crippen LogP contribution in [-0.4, -0.2) is 35.0 Å². The van der Waals surface area contributed by atoms with Crippen LogP contribution in [-0.2, 0) is 5.41 Å². The number of likely N-dealkylation sites (tertiary alicyclic amines) is 1. The van der Waals surface area contributed by atoms with E-state index in [1.165, 1.54) is 11.6 Å². The summed E-state index contributed by atoms with van der Waals surface area (Å²) < 4.78 is 0. The molecule has 0 bridgehead atoms. The number of benzene rings is 1. The number of rotatable bonds is 3. The first-order chi connectivity index (χ1) is 11.0. The van der Waals surface area contributed by atoms with E-state index < -0.39 is 5.97 Å². The first-order valence-corrected chi connectivity index (χ1v) is 8.49. The molecule has 1 aromatic carbocycles. The Labute approximate surface area is 139 Å². The Hall–Kier alpha value is -2.14. The van der Waals surface area contributed by atoms with E-state index in [1.54, 1.807) is 6.07 Å². The molecule has 1 aliphatic rings. The molecule has 1 unspecified atom stereocenters. The van der Waals surface area contributed by atoms with Crippen molar-refractivity contribution in [2.24, 2.45) is 0 Å². The van der Waals surface area contributed by atoms with E-state index in [-0.39, 0.29) is 16.2 Å². The zero-order chi connectivity index (χ0) is 16.4. The van der Waals surface area contributed by atoms with Crippen LogP contribution in [0.25, 0.3) is 0 Å². The summed E-state index contributed by atoms with van der Waals surface area (Å²) in [6.07, 6.45) is 2.00. The first kappa shape index (κ1) is 15.7. The summed E-state index contributed by atoms with van der Waals surface area (Å²) >= 11 is 1.05. The summed E-state index contributed by atoms with van der Waals surface area (Å²) in [5.41, 5.74) is 1.19. The highest BCUT2D eigenvalue weighted by atomic mass is 32.1.